The van der Waals surface area contributed by atoms with Crippen molar-refractivity contribution in [2.24, 2.45) is 5.92 Å². The first kappa shape index (κ1) is 20.8. The highest BCUT2D eigenvalue weighted by Gasteiger charge is 2.33. The highest BCUT2D eigenvalue weighted by atomic mass is 16.5. The van der Waals surface area contributed by atoms with E-state index in [-0.39, 0.29) is 17.7 Å². The largest absolute Gasteiger partial charge is 0.381 e. The van der Waals surface area contributed by atoms with Crippen LogP contribution in [-0.4, -0.2) is 52.1 Å². The second-order valence-electron chi connectivity index (χ2n) is 8.73. The van der Waals surface area contributed by atoms with Gasteiger partial charge in [0.15, 0.2) is 5.82 Å². The molecule has 0 aliphatic carbocycles. The zero-order valence-corrected chi connectivity index (χ0v) is 18.4. The Morgan fingerprint density at radius 2 is 1.94 bits per heavy atom. The Morgan fingerprint density at radius 3 is 2.72 bits per heavy atom. The predicted octanol–water partition coefficient (Wildman–Crippen LogP) is 4.26. The quantitative estimate of drug-likeness (QED) is 0.621. The summed E-state index contributed by atoms with van der Waals surface area (Å²) in [5.41, 5.74) is 5.38. The number of rotatable bonds is 4. The molecule has 0 unspecified atom stereocenters. The van der Waals surface area contributed by atoms with Gasteiger partial charge in [-0.05, 0) is 49.4 Å². The van der Waals surface area contributed by atoms with Crippen LogP contribution in [0.3, 0.4) is 0 Å². The number of amides is 1. The van der Waals surface area contributed by atoms with E-state index in [1.54, 1.807) is 12.4 Å². The van der Waals surface area contributed by atoms with Gasteiger partial charge in [0.1, 0.15) is 0 Å². The van der Waals surface area contributed by atoms with Gasteiger partial charge in [0.05, 0.1) is 18.2 Å². The first-order valence-electron chi connectivity index (χ1n) is 11.4. The number of carbonyl (C=O) groups is 1. The number of nitrogens with zero attached hydrogens (tertiary/aromatic N) is 4. The standard InChI is InChI=1S/C26H28N4O2/c1-18-5-2-3-7-22(18)23-15-28-25(19-8-11-27-12-9-19)29-24(23)20-6-4-13-30(16-20)26(31)21-10-14-32-17-21/h2-3,5,7-9,11-12,15,20-21H,4,6,10,13-14,16-17H2,1H3/t20-,21-/m1/s1. The number of ether oxygens (including phenoxy) is 1. The van der Waals surface area contributed by atoms with Gasteiger partial charge in [0.25, 0.3) is 0 Å². The third-order valence-electron chi connectivity index (χ3n) is 6.59. The van der Waals surface area contributed by atoms with Crippen LogP contribution in [0.15, 0.2) is 55.0 Å². The van der Waals surface area contributed by atoms with Crippen LogP contribution in [-0.2, 0) is 9.53 Å². The molecule has 164 valence electrons. The molecule has 0 bridgehead atoms. The van der Waals surface area contributed by atoms with Crippen LogP contribution in [0.4, 0.5) is 0 Å². The predicted molar refractivity (Wildman–Crippen MR) is 123 cm³/mol. The first-order valence-corrected chi connectivity index (χ1v) is 11.4. The number of aromatic nitrogens is 3. The fraction of sp³-hybridized carbons (Fsp3) is 0.385. The molecule has 1 amide bonds. The third kappa shape index (κ3) is 4.15. The molecule has 2 fully saturated rings. The lowest BCUT2D eigenvalue weighted by Gasteiger charge is -2.34. The molecule has 2 atom stereocenters. The number of aryl methyl sites for hydroxylation is 1. The summed E-state index contributed by atoms with van der Waals surface area (Å²) in [4.78, 5) is 29.0. The normalized spacial score (nSPS) is 21.0. The van der Waals surface area contributed by atoms with Crippen LogP contribution in [0, 0.1) is 12.8 Å². The molecule has 3 aromatic rings. The van der Waals surface area contributed by atoms with Crippen molar-refractivity contribution in [3.8, 4) is 22.5 Å². The monoisotopic (exact) mass is 428 g/mol. The van der Waals surface area contributed by atoms with Gasteiger partial charge in [-0.2, -0.15) is 0 Å². The van der Waals surface area contributed by atoms with Gasteiger partial charge in [-0.3, -0.25) is 9.78 Å². The molecule has 0 N–H and O–H groups in total. The van der Waals surface area contributed by atoms with Crippen LogP contribution >= 0.6 is 0 Å². The smallest absolute Gasteiger partial charge is 0.228 e. The van der Waals surface area contributed by atoms with Gasteiger partial charge in [0.2, 0.25) is 5.91 Å². The molecule has 5 rings (SSSR count). The highest BCUT2D eigenvalue weighted by molar-refractivity contribution is 5.79. The van der Waals surface area contributed by atoms with E-state index in [1.807, 2.05) is 23.2 Å². The number of pyridine rings is 1. The van der Waals surface area contributed by atoms with Crippen LogP contribution in [0.1, 0.15) is 36.4 Å². The average molecular weight is 429 g/mol. The second kappa shape index (κ2) is 9.17. The van der Waals surface area contributed by atoms with Gasteiger partial charge in [-0.25, -0.2) is 9.97 Å². The Balaban J connectivity index is 1.52. The van der Waals surface area contributed by atoms with Gasteiger partial charge in [-0.15, -0.1) is 0 Å². The van der Waals surface area contributed by atoms with Crippen LogP contribution < -0.4 is 0 Å². The highest BCUT2D eigenvalue weighted by Crippen LogP contribution is 2.36. The zero-order chi connectivity index (χ0) is 21.9. The number of carbonyl (C=O) groups excluding carboxylic acids is 1. The molecular formula is C26H28N4O2. The number of benzene rings is 1. The van der Waals surface area contributed by atoms with Crippen molar-refractivity contribution >= 4 is 5.91 Å². The Bertz CT molecular complexity index is 1100. The number of piperidine rings is 1. The lowest BCUT2D eigenvalue weighted by Crippen LogP contribution is -2.42. The van der Waals surface area contributed by atoms with Crippen LogP contribution in [0.5, 0.6) is 0 Å². The lowest BCUT2D eigenvalue weighted by atomic mass is 9.88. The molecule has 0 spiro atoms. The minimum atomic E-state index is 0.00219. The summed E-state index contributed by atoms with van der Waals surface area (Å²) in [6.07, 6.45) is 8.29. The van der Waals surface area contributed by atoms with Crippen LogP contribution in [0.2, 0.25) is 0 Å². The first-order chi connectivity index (χ1) is 15.7. The van der Waals surface area contributed by atoms with Crippen molar-refractivity contribution in [3.05, 3.63) is 66.2 Å². The molecule has 0 saturated carbocycles. The van der Waals surface area contributed by atoms with Crippen molar-refractivity contribution in [2.45, 2.75) is 32.1 Å². The Morgan fingerprint density at radius 1 is 1.09 bits per heavy atom. The summed E-state index contributed by atoms with van der Waals surface area (Å²) >= 11 is 0. The van der Waals surface area contributed by atoms with E-state index in [2.05, 4.69) is 36.2 Å². The molecular weight excluding hydrogens is 400 g/mol. The van der Waals surface area contributed by atoms with E-state index in [1.165, 1.54) is 5.56 Å². The number of hydrogen-bond donors (Lipinski definition) is 0. The SMILES string of the molecule is Cc1ccccc1-c1cnc(-c2ccncc2)nc1[C@@H]1CCCN(C(=O)[C@@H]2CCOC2)C1. The van der Waals surface area contributed by atoms with E-state index in [9.17, 15) is 4.79 Å². The van der Waals surface area contributed by atoms with Gasteiger partial charge < -0.3 is 9.64 Å². The molecule has 0 radical (unpaired) electrons. The lowest BCUT2D eigenvalue weighted by molar-refractivity contribution is -0.136. The minimum Gasteiger partial charge on any atom is -0.381 e. The number of hydrogen-bond acceptors (Lipinski definition) is 5. The summed E-state index contributed by atoms with van der Waals surface area (Å²) in [6.45, 7) is 4.86. The van der Waals surface area contributed by atoms with Crippen LogP contribution in [0.25, 0.3) is 22.5 Å². The van der Waals surface area contributed by atoms with Crippen molar-refractivity contribution in [1.82, 2.24) is 19.9 Å². The van der Waals surface area contributed by atoms with Crippen molar-refractivity contribution in [1.29, 1.82) is 0 Å². The third-order valence-corrected chi connectivity index (χ3v) is 6.59. The molecule has 2 aromatic heterocycles. The maximum absolute atomic E-state index is 13.1. The van der Waals surface area contributed by atoms with E-state index >= 15 is 0 Å². The second-order valence-corrected chi connectivity index (χ2v) is 8.73. The fourth-order valence-electron chi connectivity index (χ4n) is 4.82. The maximum atomic E-state index is 13.1. The molecule has 6 nitrogen and oxygen atoms in total. The van der Waals surface area contributed by atoms with E-state index in [0.29, 0.717) is 25.6 Å². The summed E-state index contributed by atoms with van der Waals surface area (Å²) in [6, 6.07) is 12.2. The molecule has 6 heteroatoms. The Kier molecular flexibility index (Phi) is 5.95. The summed E-state index contributed by atoms with van der Waals surface area (Å²) in [5, 5.41) is 0. The van der Waals surface area contributed by atoms with E-state index < -0.39 is 0 Å². The van der Waals surface area contributed by atoms with Gasteiger partial charge >= 0.3 is 0 Å². The topological polar surface area (TPSA) is 68.2 Å². The van der Waals surface area contributed by atoms with E-state index in [4.69, 9.17) is 14.7 Å². The number of likely N-dealkylation sites (tertiary alicyclic amines) is 1. The molecule has 2 aliphatic heterocycles. The summed E-state index contributed by atoms with van der Waals surface area (Å²) in [5.74, 6) is 1.11. The Labute approximate surface area is 188 Å². The van der Waals surface area contributed by atoms with Crippen molar-refractivity contribution < 1.29 is 9.53 Å². The molecule has 1 aromatic carbocycles. The fourth-order valence-corrected chi connectivity index (χ4v) is 4.82. The van der Waals surface area contributed by atoms with E-state index in [0.717, 1.165) is 48.2 Å². The minimum absolute atomic E-state index is 0.00219. The van der Waals surface area contributed by atoms with Gasteiger partial charge in [-0.1, -0.05) is 24.3 Å². The average Bonchev–Trinajstić information content (AvgIpc) is 3.39. The van der Waals surface area contributed by atoms with Crippen molar-refractivity contribution in [3.63, 3.8) is 0 Å². The molecule has 2 saturated heterocycles. The summed E-state index contributed by atoms with van der Waals surface area (Å²) in [7, 11) is 0. The maximum Gasteiger partial charge on any atom is 0.228 e. The van der Waals surface area contributed by atoms with Crippen molar-refractivity contribution in [2.75, 3.05) is 26.3 Å². The Hall–Kier alpha value is -3.12. The van der Waals surface area contributed by atoms with Gasteiger partial charge in [0, 0.05) is 55.3 Å². The zero-order valence-electron chi connectivity index (χ0n) is 18.4. The summed E-state index contributed by atoms with van der Waals surface area (Å²) < 4.78 is 5.46. The molecule has 4 heterocycles. The molecule has 32 heavy (non-hydrogen) atoms. The molecule has 2 aliphatic rings.